The Balaban J connectivity index is 1.49. The van der Waals surface area contributed by atoms with E-state index in [0.29, 0.717) is 12.6 Å². The molecule has 1 saturated heterocycles. The van der Waals surface area contributed by atoms with Crippen molar-refractivity contribution in [2.75, 3.05) is 26.2 Å². The standard InChI is InChI=1S/C18H31N5O/c24-17(21-14-13-20-16-6-3-1-2-4-7-16)18(8-11-19-12-9-18)23-15-5-10-22-23/h5,10,15-16,19-20H,1-4,6-9,11-14H2,(H,21,24). The highest BCUT2D eigenvalue weighted by atomic mass is 16.2. The topological polar surface area (TPSA) is 71.0 Å². The first kappa shape index (κ1) is 17.4. The lowest BCUT2D eigenvalue weighted by atomic mass is 9.87. The van der Waals surface area contributed by atoms with Crippen molar-refractivity contribution in [3.8, 4) is 0 Å². The van der Waals surface area contributed by atoms with Gasteiger partial charge in [0.25, 0.3) is 0 Å². The highest BCUT2D eigenvalue weighted by molar-refractivity contribution is 5.84. The lowest BCUT2D eigenvalue weighted by Gasteiger charge is -2.36. The summed E-state index contributed by atoms with van der Waals surface area (Å²) in [6.45, 7) is 3.25. The molecule has 2 heterocycles. The van der Waals surface area contributed by atoms with Gasteiger partial charge in [0.1, 0.15) is 5.54 Å². The van der Waals surface area contributed by atoms with Crippen molar-refractivity contribution in [1.82, 2.24) is 25.7 Å². The van der Waals surface area contributed by atoms with Gasteiger partial charge in [0.2, 0.25) is 5.91 Å². The van der Waals surface area contributed by atoms with Crippen LogP contribution in [-0.2, 0) is 10.3 Å². The summed E-state index contributed by atoms with van der Waals surface area (Å²) in [5.41, 5.74) is -0.531. The first-order chi connectivity index (χ1) is 11.8. The van der Waals surface area contributed by atoms with E-state index in [2.05, 4.69) is 21.0 Å². The second-order valence-electron chi connectivity index (χ2n) is 7.13. The molecule has 3 N–H and O–H groups in total. The monoisotopic (exact) mass is 333 g/mol. The Hall–Kier alpha value is -1.40. The molecule has 1 aromatic heterocycles. The van der Waals surface area contributed by atoms with E-state index in [9.17, 15) is 4.79 Å². The zero-order chi connectivity index (χ0) is 16.7. The van der Waals surface area contributed by atoms with Crippen molar-refractivity contribution in [3.05, 3.63) is 18.5 Å². The highest BCUT2D eigenvalue weighted by Gasteiger charge is 2.41. The van der Waals surface area contributed by atoms with Crippen molar-refractivity contribution in [3.63, 3.8) is 0 Å². The molecule has 3 rings (SSSR count). The lowest BCUT2D eigenvalue weighted by molar-refractivity contribution is -0.131. The molecule has 2 aliphatic rings. The lowest BCUT2D eigenvalue weighted by Crippen LogP contribution is -2.55. The molecule has 6 nitrogen and oxygen atoms in total. The minimum absolute atomic E-state index is 0.107. The Morgan fingerprint density at radius 3 is 2.58 bits per heavy atom. The van der Waals surface area contributed by atoms with Crippen molar-refractivity contribution in [1.29, 1.82) is 0 Å². The number of aromatic nitrogens is 2. The summed E-state index contributed by atoms with van der Waals surface area (Å²) in [4.78, 5) is 12.9. The molecule has 0 spiro atoms. The van der Waals surface area contributed by atoms with Crippen LogP contribution in [0.15, 0.2) is 18.5 Å². The predicted molar refractivity (Wildman–Crippen MR) is 94.8 cm³/mol. The predicted octanol–water partition coefficient (Wildman–Crippen LogP) is 1.39. The van der Waals surface area contributed by atoms with Gasteiger partial charge in [-0.25, -0.2) is 0 Å². The first-order valence-electron chi connectivity index (χ1n) is 9.54. The molecule has 24 heavy (non-hydrogen) atoms. The Kier molecular flexibility index (Phi) is 6.26. The summed E-state index contributed by atoms with van der Waals surface area (Å²) >= 11 is 0. The van der Waals surface area contributed by atoms with Crippen molar-refractivity contribution < 1.29 is 4.79 Å². The average molecular weight is 333 g/mol. The van der Waals surface area contributed by atoms with Crippen LogP contribution in [0, 0.1) is 0 Å². The van der Waals surface area contributed by atoms with Crippen LogP contribution in [-0.4, -0.2) is 47.9 Å². The van der Waals surface area contributed by atoms with Gasteiger partial charge in [-0.1, -0.05) is 25.7 Å². The molecule has 2 fully saturated rings. The van der Waals surface area contributed by atoms with Gasteiger partial charge in [-0.15, -0.1) is 0 Å². The Labute approximate surface area is 144 Å². The van der Waals surface area contributed by atoms with E-state index in [1.54, 1.807) is 6.20 Å². The molecule has 0 radical (unpaired) electrons. The van der Waals surface area contributed by atoms with Crippen LogP contribution in [0.3, 0.4) is 0 Å². The number of nitrogens with one attached hydrogen (secondary N) is 3. The van der Waals surface area contributed by atoms with E-state index in [-0.39, 0.29) is 5.91 Å². The molecule has 0 aromatic carbocycles. The van der Waals surface area contributed by atoms with Gasteiger partial charge in [0, 0.05) is 31.5 Å². The average Bonchev–Trinajstić information content (AvgIpc) is 3.04. The minimum atomic E-state index is -0.531. The Bertz CT molecular complexity index is 488. The van der Waals surface area contributed by atoms with E-state index in [4.69, 9.17) is 0 Å². The largest absolute Gasteiger partial charge is 0.353 e. The minimum Gasteiger partial charge on any atom is -0.353 e. The number of hydrogen-bond acceptors (Lipinski definition) is 4. The molecule has 1 saturated carbocycles. The van der Waals surface area contributed by atoms with Crippen LogP contribution in [0.5, 0.6) is 0 Å². The summed E-state index contributed by atoms with van der Waals surface area (Å²) in [6.07, 6.45) is 13.2. The van der Waals surface area contributed by atoms with Crippen LogP contribution >= 0.6 is 0 Å². The summed E-state index contributed by atoms with van der Waals surface area (Å²) in [7, 11) is 0. The third-order valence-corrected chi connectivity index (χ3v) is 5.50. The Morgan fingerprint density at radius 2 is 1.92 bits per heavy atom. The fourth-order valence-corrected chi connectivity index (χ4v) is 4.02. The smallest absolute Gasteiger partial charge is 0.248 e. The zero-order valence-corrected chi connectivity index (χ0v) is 14.6. The third kappa shape index (κ3) is 4.16. The van der Waals surface area contributed by atoms with Crippen molar-refractivity contribution in [2.24, 2.45) is 0 Å². The number of hydrogen-bond donors (Lipinski definition) is 3. The summed E-state index contributed by atoms with van der Waals surface area (Å²) in [6, 6.07) is 2.52. The summed E-state index contributed by atoms with van der Waals surface area (Å²) < 4.78 is 1.85. The number of carbonyl (C=O) groups is 1. The molecule has 0 bridgehead atoms. The van der Waals surface area contributed by atoms with Gasteiger partial charge in [-0.2, -0.15) is 5.10 Å². The van der Waals surface area contributed by atoms with Gasteiger partial charge >= 0.3 is 0 Å². The van der Waals surface area contributed by atoms with E-state index in [0.717, 1.165) is 32.5 Å². The second kappa shape index (κ2) is 8.62. The van der Waals surface area contributed by atoms with E-state index < -0.39 is 5.54 Å². The molecule has 6 heteroatoms. The first-order valence-corrected chi connectivity index (χ1v) is 9.54. The van der Waals surface area contributed by atoms with Crippen LogP contribution in [0.1, 0.15) is 51.4 Å². The molecular weight excluding hydrogens is 302 g/mol. The van der Waals surface area contributed by atoms with Crippen LogP contribution in [0.2, 0.25) is 0 Å². The van der Waals surface area contributed by atoms with Gasteiger partial charge in [0.05, 0.1) is 0 Å². The summed E-state index contributed by atoms with van der Waals surface area (Å²) in [5.74, 6) is 0.107. The molecule has 0 unspecified atom stereocenters. The molecule has 1 aliphatic carbocycles. The zero-order valence-electron chi connectivity index (χ0n) is 14.6. The maximum atomic E-state index is 12.9. The number of nitrogens with zero attached hydrogens (tertiary/aromatic N) is 2. The summed E-state index contributed by atoms with van der Waals surface area (Å²) in [5, 5.41) is 14.5. The number of rotatable bonds is 6. The second-order valence-corrected chi connectivity index (χ2v) is 7.13. The number of carbonyl (C=O) groups excluding carboxylic acids is 1. The molecule has 134 valence electrons. The Morgan fingerprint density at radius 1 is 1.17 bits per heavy atom. The molecule has 1 amide bonds. The number of amides is 1. The SMILES string of the molecule is O=C(NCCNC1CCCCCC1)C1(n2cccn2)CCNCC1. The quantitative estimate of drug-likeness (QED) is 0.543. The van der Waals surface area contributed by atoms with Crippen LogP contribution < -0.4 is 16.0 Å². The maximum Gasteiger partial charge on any atom is 0.248 e. The third-order valence-electron chi connectivity index (χ3n) is 5.50. The molecular formula is C18H31N5O. The maximum absolute atomic E-state index is 12.9. The fourth-order valence-electron chi connectivity index (χ4n) is 4.02. The van der Waals surface area contributed by atoms with Gasteiger partial charge < -0.3 is 16.0 Å². The van der Waals surface area contributed by atoms with Gasteiger partial charge in [0.15, 0.2) is 0 Å². The van der Waals surface area contributed by atoms with E-state index in [1.807, 2.05) is 16.9 Å². The fraction of sp³-hybridized carbons (Fsp3) is 0.778. The highest BCUT2D eigenvalue weighted by Crippen LogP contribution is 2.27. The van der Waals surface area contributed by atoms with Crippen LogP contribution in [0.4, 0.5) is 0 Å². The molecule has 1 aromatic rings. The van der Waals surface area contributed by atoms with Crippen LogP contribution in [0.25, 0.3) is 0 Å². The van der Waals surface area contributed by atoms with E-state index in [1.165, 1.54) is 38.5 Å². The normalized spacial score (nSPS) is 22.0. The van der Waals surface area contributed by atoms with Crippen molar-refractivity contribution in [2.45, 2.75) is 62.9 Å². The van der Waals surface area contributed by atoms with Gasteiger partial charge in [-0.05, 0) is 44.8 Å². The van der Waals surface area contributed by atoms with E-state index >= 15 is 0 Å². The molecule has 1 aliphatic heterocycles. The van der Waals surface area contributed by atoms with Crippen molar-refractivity contribution >= 4 is 5.91 Å². The number of piperidine rings is 1. The van der Waals surface area contributed by atoms with Gasteiger partial charge in [-0.3, -0.25) is 9.48 Å². The molecule has 0 atom stereocenters.